The Balaban J connectivity index is 2.07. The van der Waals surface area contributed by atoms with Crippen LogP contribution in [-0.2, 0) is 6.54 Å². The molecule has 0 bridgehead atoms. The van der Waals surface area contributed by atoms with Gasteiger partial charge in [0.2, 0.25) is 0 Å². The summed E-state index contributed by atoms with van der Waals surface area (Å²) in [4.78, 5) is 14.2. The van der Waals surface area contributed by atoms with Gasteiger partial charge in [0, 0.05) is 18.8 Å². The maximum absolute atomic E-state index is 12.2. The van der Waals surface area contributed by atoms with E-state index in [0.29, 0.717) is 23.7 Å². The summed E-state index contributed by atoms with van der Waals surface area (Å²) in [6.45, 7) is 1.44. The van der Waals surface area contributed by atoms with Crippen molar-refractivity contribution in [3.05, 3.63) is 64.7 Å². The number of carbonyl (C=O) groups is 1. The molecule has 0 aliphatic carbocycles. The van der Waals surface area contributed by atoms with E-state index in [1.165, 1.54) is 0 Å². The molecule has 0 saturated heterocycles. The van der Waals surface area contributed by atoms with Gasteiger partial charge < -0.3 is 10.4 Å². The number of amides is 1. The first-order valence-corrected chi connectivity index (χ1v) is 7.42. The minimum atomic E-state index is -0.230. The number of benzene rings is 2. The monoisotopic (exact) mass is 318 g/mol. The van der Waals surface area contributed by atoms with E-state index in [1.54, 1.807) is 24.3 Å². The van der Waals surface area contributed by atoms with E-state index >= 15 is 0 Å². The minimum absolute atomic E-state index is 0.124. The Morgan fingerprint density at radius 3 is 2.73 bits per heavy atom. The zero-order valence-electron chi connectivity index (χ0n) is 12.4. The van der Waals surface area contributed by atoms with E-state index in [2.05, 4.69) is 5.32 Å². The van der Waals surface area contributed by atoms with Crippen molar-refractivity contribution in [1.82, 2.24) is 4.90 Å². The Morgan fingerprint density at radius 1 is 1.23 bits per heavy atom. The second-order valence-electron chi connectivity index (χ2n) is 5.10. The second-order valence-corrected chi connectivity index (χ2v) is 5.50. The van der Waals surface area contributed by atoms with E-state index < -0.39 is 0 Å². The Labute approximate surface area is 135 Å². The van der Waals surface area contributed by atoms with Crippen molar-refractivity contribution >= 4 is 23.2 Å². The molecule has 2 aromatic carbocycles. The van der Waals surface area contributed by atoms with Crippen molar-refractivity contribution in [2.45, 2.75) is 6.54 Å². The number of rotatable bonds is 6. The molecule has 0 aromatic heterocycles. The van der Waals surface area contributed by atoms with E-state index in [1.807, 2.05) is 36.2 Å². The Hall–Kier alpha value is -1.88. The number of hydrogen-bond donors (Lipinski definition) is 2. The predicted octanol–water partition coefficient (Wildman–Crippen LogP) is 3.02. The Kier molecular flexibility index (Phi) is 5.95. The van der Waals surface area contributed by atoms with E-state index in [4.69, 9.17) is 16.7 Å². The van der Waals surface area contributed by atoms with Crippen LogP contribution in [0.1, 0.15) is 15.9 Å². The number of aliphatic hydroxyl groups is 1. The van der Waals surface area contributed by atoms with Gasteiger partial charge >= 0.3 is 0 Å². The van der Waals surface area contributed by atoms with Gasteiger partial charge in [0.25, 0.3) is 5.91 Å². The van der Waals surface area contributed by atoms with E-state index in [9.17, 15) is 4.79 Å². The highest BCUT2D eigenvalue weighted by molar-refractivity contribution is 6.34. The molecule has 2 rings (SSSR count). The summed E-state index contributed by atoms with van der Waals surface area (Å²) in [6.07, 6.45) is 0. The summed E-state index contributed by atoms with van der Waals surface area (Å²) in [5.74, 6) is -0.230. The minimum Gasteiger partial charge on any atom is -0.395 e. The summed E-state index contributed by atoms with van der Waals surface area (Å²) in [5.41, 5.74) is 2.24. The average molecular weight is 319 g/mol. The molecule has 2 N–H and O–H groups in total. The van der Waals surface area contributed by atoms with Crippen LogP contribution in [0.25, 0.3) is 0 Å². The van der Waals surface area contributed by atoms with E-state index in [0.717, 1.165) is 11.3 Å². The van der Waals surface area contributed by atoms with Crippen LogP contribution in [0.4, 0.5) is 5.69 Å². The van der Waals surface area contributed by atoms with Crippen LogP contribution in [0.2, 0.25) is 5.02 Å². The largest absolute Gasteiger partial charge is 0.395 e. The lowest BCUT2D eigenvalue weighted by Crippen LogP contribution is -2.21. The number of hydrogen-bond acceptors (Lipinski definition) is 3. The molecule has 116 valence electrons. The fourth-order valence-electron chi connectivity index (χ4n) is 2.15. The summed E-state index contributed by atoms with van der Waals surface area (Å²) in [5, 5.41) is 12.2. The fraction of sp³-hybridized carbons (Fsp3) is 0.235. The highest BCUT2D eigenvalue weighted by Gasteiger charge is 2.10. The molecule has 0 heterocycles. The summed E-state index contributed by atoms with van der Waals surface area (Å²) < 4.78 is 0. The molecule has 0 aliphatic rings. The number of nitrogens with zero attached hydrogens (tertiary/aromatic N) is 1. The molecular weight excluding hydrogens is 300 g/mol. The van der Waals surface area contributed by atoms with Crippen molar-refractivity contribution in [3.8, 4) is 0 Å². The first kappa shape index (κ1) is 16.5. The normalized spacial score (nSPS) is 10.7. The van der Waals surface area contributed by atoms with Gasteiger partial charge in [-0.3, -0.25) is 9.69 Å². The van der Waals surface area contributed by atoms with Gasteiger partial charge in [-0.2, -0.15) is 0 Å². The number of aliphatic hydroxyl groups excluding tert-OH is 1. The molecule has 22 heavy (non-hydrogen) atoms. The van der Waals surface area contributed by atoms with Crippen LogP contribution in [0.15, 0.2) is 48.5 Å². The molecule has 0 radical (unpaired) electrons. The molecule has 0 spiro atoms. The molecule has 4 nitrogen and oxygen atoms in total. The molecule has 0 aliphatic heterocycles. The first-order chi connectivity index (χ1) is 10.6. The smallest absolute Gasteiger partial charge is 0.257 e. The number of carbonyl (C=O) groups excluding carboxylic acids is 1. The third kappa shape index (κ3) is 4.56. The first-order valence-electron chi connectivity index (χ1n) is 7.04. The van der Waals surface area contributed by atoms with Crippen molar-refractivity contribution in [2.75, 3.05) is 25.5 Å². The van der Waals surface area contributed by atoms with Crippen molar-refractivity contribution in [3.63, 3.8) is 0 Å². The van der Waals surface area contributed by atoms with Crippen LogP contribution in [0.5, 0.6) is 0 Å². The van der Waals surface area contributed by atoms with Crippen LogP contribution in [-0.4, -0.2) is 36.1 Å². The maximum Gasteiger partial charge on any atom is 0.257 e. The van der Waals surface area contributed by atoms with Gasteiger partial charge in [-0.25, -0.2) is 0 Å². The third-order valence-corrected chi connectivity index (χ3v) is 3.57. The maximum atomic E-state index is 12.2. The Morgan fingerprint density at radius 2 is 2.00 bits per heavy atom. The van der Waals surface area contributed by atoms with Crippen LogP contribution >= 0.6 is 11.6 Å². The van der Waals surface area contributed by atoms with Gasteiger partial charge in [0.15, 0.2) is 0 Å². The lowest BCUT2D eigenvalue weighted by Gasteiger charge is -2.15. The van der Waals surface area contributed by atoms with Crippen molar-refractivity contribution in [1.29, 1.82) is 0 Å². The summed E-state index contributed by atoms with van der Waals surface area (Å²) in [7, 11) is 1.94. The standard InChI is InChI=1S/C17H19ClN2O2/c1-20(9-10-21)12-13-5-4-6-14(11-13)19-17(22)15-7-2-3-8-16(15)18/h2-8,11,21H,9-10,12H2,1H3,(H,19,22). The average Bonchev–Trinajstić information content (AvgIpc) is 2.48. The highest BCUT2D eigenvalue weighted by atomic mass is 35.5. The van der Waals surface area contributed by atoms with Crippen LogP contribution in [0, 0.1) is 0 Å². The topological polar surface area (TPSA) is 52.6 Å². The van der Waals surface area contributed by atoms with Gasteiger partial charge in [0.05, 0.1) is 17.2 Å². The molecular formula is C17H19ClN2O2. The number of likely N-dealkylation sites (N-methyl/N-ethyl adjacent to an activating group) is 1. The molecule has 0 atom stereocenters. The highest BCUT2D eigenvalue weighted by Crippen LogP contribution is 2.18. The van der Waals surface area contributed by atoms with Crippen LogP contribution < -0.4 is 5.32 Å². The molecule has 5 heteroatoms. The SMILES string of the molecule is CN(CCO)Cc1cccc(NC(=O)c2ccccc2Cl)c1. The van der Waals surface area contributed by atoms with Gasteiger partial charge in [0.1, 0.15) is 0 Å². The number of nitrogens with one attached hydrogen (secondary N) is 1. The zero-order valence-corrected chi connectivity index (χ0v) is 13.2. The van der Waals surface area contributed by atoms with Crippen LogP contribution in [0.3, 0.4) is 0 Å². The van der Waals surface area contributed by atoms with Crippen molar-refractivity contribution in [2.24, 2.45) is 0 Å². The lowest BCUT2D eigenvalue weighted by molar-refractivity contribution is 0.102. The molecule has 0 saturated carbocycles. The number of halogens is 1. The predicted molar refractivity (Wildman–Crippen MR) is 89.3 cm³/mol. The fourth-order valence-corrected chi connectivity index (χ4v) is 2.37. The molecule has 0 fully saturated rings. The van der Waals surface area contributed by atoms with Crippen molar-refractivity contribution < 1.29 is 9.90 Å². The molecule has 0 unspecified atom stereocenters. The molecule has 1 amide bonds. The zero-order chi connectivity index (χ0) is 15.9. The van der Waals surface area contributed by atoms with Gasteiger partial charge in [-0.05, 0) is 36.9 Å². The van der Waals surface area contributed by atoms with Gasteiger partial charge in [-0.1, -0.05) is 35.9 Å². The summed E-state index contributed by atoms with van der Waals surface area (Å²) >= 11 is 6.03. The second kappa shape index (κ2) is 7.94. The van der Waals surface area contributed by atoms with Gasteiger partial charge in [-0.15, -0.1) is 0 Å². The Bertz CT molecular complexity index is 646. The summed E-state index contributed by atoms with van der Waals surface area (Å²) in [6, 6.07) is 14.6. The number of anilines is 1. The third-order valence-electron chi connectivity index (χ3n) is 3.24. The molecule has 2 aromatic rings. The quantitative estimate of drug-likeness (QED) is 0.861. The van der Waals surface area contributed by atoms with E-state index in [-0.39, 0.29) is 12.5 Å². The lowest BCUT2D eigenvalue weighted by atomic mass is 10.1.